The summed E-state index contributed by atoms with van der Waals surface area (Å²) < 4.78 is 0. The third-order valence-electron chi connectivity index (χ3n) is 7.02. The van der Waals surface area contributed by atoms with E-state index in [0.29, 0.717) is 25.9 Å². The summed E-state index contributed by atoms with van der Waals surface area (Å²) in [6, 6.07) is 5.54. The molecule has 1 aromatic heterocycles. The van der Waals surface area contributed by atoms with Gasteiger partial charge in [-0.2, -0.15) is 0 Å². The zero-order chi connectivity index (χ0) is 20.2. The topological polar surface area (TPSA) is 94.3 Å². The molecule has 1 atom stereocenters. The number of benzene rings is 1. The molecule has 1 unspecified atom stereocenters. The number of hydrogen-bond donors (Lipinski definition) is 3. The normalized spacial score (nSPS) is 25.1. The lowest BCUT2D eigenvalue weighted by atomic mass is 9.79. The fourth-order valence-electron chi connectivity index (χ4n) is 5.23. The van der Waals surface area contributed by atoms with Gasteiger partial charge in [-0.25, -0.2) is 4.79 Å². The molecule has 3 heterocycles. The molecule has 29 heavy (non-hydrogen) atoms. The number of rotatable bonds is 2. The smallest absolute Gasteiger partial charge is 0.322 e. The van der Waals surface area contributed by atoms with Crippen LogP contribution in [0.15, 0.2) is 18.2 Å². The number of urea groups is 1. The molecule has 1 aliphatic carbocycles. The van der Waals surface area contributed by atoms with E-state index in [4.69, 9.17) is 0 Å². The Balaban J connectivity index is 1.32. The van der Waals surface area contributed by atoms with Crippen molar-refractivity contribution >= 4 is 28.7 Å². The number of aromatic nitrogens is 1. The van der Waals surface area contributed by atoms with Gasteiger partial charge in [-0.05, 0) is 75.1 Å². The fourth-order valence-corrected chi connectivity index (χ4v) is 5.23. The van der Waals surface area contributed by atoms with E-state index in [1.165, 1.54) is 29.5 Å². The Morgan fingerprint density at radius 2 is 1.90 bits per heavy atom. The molecule has 3 N–H and O–H groups in total. The van der Waals surface area contributed by atoms with Crippen LogP contribution in [0.5, 0.6) is 0 Å². The highest BCUT2D eigenvalue weighted by Gasteiger charge is 2.48. The average molecular weight is 394 g/mol. The second-order valence-electron chi connectivity index (χ2n) is 8.73. The SMILES string of the molecule is CC1(C2CCN(C(=O)c3ccc4[nH]c5c(c4c3)CCCC5)CC2)NC(=O)NC1=O. The summed E-state index contributed by atoms with van der Waals surface area (Å²) in [5, 5.41) is 6.28. The van der Waals surface area contributed by atoms with Crippen molar-refractivity contribution < 1.29 is 14.4 Å². The Morgan fingerprint density at radius 1 is 1.14 bits per heavy atom. The van der Waals surface area contributed by atoms with E-state index in [2.05, 4.69) is 15.6 Å². The van der Waals surface area contributed by atoms with Gasteiger partial charge < -0.3 is 15.2 Å². The number of carbonyl (C=O) groups excluding carboxylic acids is 3. The van der Waals surface area contributed by atoms with E-state index in [9.17, 15) is 14.4 Å². The van der Waals surface area contributed by atoms with Crippen molar-refractivity contribution in [3.63, 3.8) is 0 Å². The molecule has 0 bridgehead atoms. The van der Waals surface area contributed by atoms with E-state index in [1.54, 1.807) is 6.92 Å². The molecule has 2 aliphatic heterocycles. The van der Waals surface area contributed by atoms with Crippen LogP contribution in [0.3, 0.4) is 0 Å². The number of fused-ring (bicyclic) bond motifs is 3. The Morgan fingerprint density at radius 3 is 2.62 bits per heavy atom. The van der Waals surface area contributed by atoms with Crippen LogP contribution in [0, 0.1) is 5.92 Å². The third-order valence-corrected chi connectivity index (χ3v) is 7.02. The Bertz CT molecular complexity index is 1020. The lowest BCUT2D eigenvalue weighted by Crippen LogP contribution is -2.54. The first-order valence-corrected chi connectivity index (χ1v) is 10.5. The first kappa shape index (κ1) is 18.2. The summed E-state index contributed by atoms with van der Waals surface area (Å²) in [4.78, 5) is 42.2. The minimum atomic E-state index is -0.880. The van der Waals surface area contributed by atoms with E-state index >= 15 is 0 Å². The summed E-state index contributed by atoms with van der Waals surface area (Å²) in [7, 11) is 0. The van der Waals surface area contributed by atoms with Crippen molar-refractivity contribution in [3.8, 4) is 0 Å². The maximum absolute atomic E-state index is 13.1. The van der Waals surface area contributed by atoms with Crippen molar-refractivity contribution in [2.45, 2.75) is 51.0 Å². The van der Waals surface area contributed by atoms with E-state index < -0.39 is 11.6 Å². The van der Waals surface area contributed by atoms with Crippen LogP contribution in [0.1, 0.15) is 54.2 Å². The van der Waals surface area contributed by atoms with Gasteiger partial charge in [0.2, 0.25) is 0 Å². The Hall–Kier alpha value is -2.83. The molecule has 2 fully saturated rings. The highest BCUT2D eigenvalue weighted by molar-refractivity contribution is 6.07. The van der Waals surface area contributed by atoms with Crippen molar-refractivity contribution in [1.82, 2.24) is 20.5 Å². The van der Waals surface area contributed by atoms with Gasteiger partial charge in [0.05, 0.1) is 0 Å². The molecule has 5 rings (SSSR count). The van der Waals surface area contributed by atoms with Gasteiger partial charge in [0.15, 0.2) is 0 Å². The highest BCUT2D eigenvalue weighted by atomic mass is 16.2. The molecule has 152 valence electrons. The second-order valence-corrected chi connectivity index (χ2v) is 8.73. The summed E-state index contributed by atoms with van der Waals surface area (Å²) in [6.45, 7) is 2.95. The molecule has 0 saturated carbocycles. The first-order valence-electron chi connectivity index (χ1n) is 10.5. The molecule has 7 heteroatoms. The second kappa shape index (κ2) is 6.61. The van der Waals surface area contributed by atoms with Gasteiger partial charge in [0.25, 0.3) is 11.8 Å². The molecule has 3 aliphatic rings. The van der Waals surface area contributed by atoms with Gasteiger partial charge in [-0.15, -0.1) is 0 Å². The number of nitrogens with zero attached hydrogens (tertiary/aromatic N) is 1. The summed E-state index contributed by atoms with van der Waals surface area (Å²) in [5.41, 5.74) is 3.65. The largest absolute Gasteiger partial charge is 0.358 e. The van der Waals surface area contributed by atoms with Crippen LogP contribution in [-0.2, 0) is 17.6 Å². The van der Waals surface area contributed by atoms with Crippen LogP contribution in [0.25, 0.3) is 10.9 Å². The highest BCUT2D eigenvalue weighted by Crippen LogP contribution is 2.33. The molecule has 0 radical (unpaired) electrons. The summed E-state index contributed by atoms with van der Waals surface area (Å²) in [5.74, 6) is -0.201. The Kier molecular flexibility index (Phi) is 4.15. The number of likely N-dealkylation sites (tertiary alicyclic amines) is 1. The Labute approximate surface area is 169 Å². The number of hydrogen-bond acceptors (Lipinski definition) is 3. The monoisotopic (exact) mass is 394 g/mol. The van der Waals surface area contributed by atoms with Crippen LogP contribution < -0.4 is 10.6 Å². The molecule has 7 nitrogen and oxygen atoms in total. The number of aryl methyl sites for hydroxylation is 2. The number of amides is 4. The van der Waals surface area contributed by atoms with Crippen LogP contribution in [-0.4, -0.2) is 46.4 Å². The standard InChI is InChI=1S/C22H26N4O3/c1-22(20(28)24-21(29)25-22)14-8-10-26(11-9-14)19(27)13-6-7-18-16(12-13)15-4-2-3-5-17(15)23-18/h6-7,12,14,23H,2-5,8-11H2,1H3,(H2,24,25,28,29). The van der Waals surface area contributed by atoms with Crippen molar-refractivity contribution in [3.05, 3.63) is 35.0 Å². The minimum Gasteiger partial charge on any atom is -0.358 e. The van der Waals surface area contributed by atoms with Gasteiger partial charge in [0.1, 0.15) is 5.54 Å². The molecule has 0 spiro atoms. The number of piperidine rings is 1. The molecule has 4 amide bonds. The average Bonchev–Trinajstić information content (AvgIpc) is 3.23. The third kappa shape index (κ3) is 2.91. The number of nitrogens with one attached hydrogen (secondary N) is 3. The quantitative estimate of drug-likeness (QED) is 0.683. The summed E-state index contributed by atoms with van der Waals surface area (Å²) >= 11 is 0. The van der Waals surface area contributed by atoms with Crippen molar-refractivity contribution in [2.75, 3.05) is 13.1 Å². The van der Waals surface area contributed by atoms with Crippen LogP contribution >= 0.6 is 0 Å². The lowest BCUT2D eigenvalue weighted by molar-refractivity contribution is -0.125. The molecule has 1 aromatic carbocycles. The predicted molar refractivity (Wildman–Crippen MR) is 109 cm³/mol. The van der Waals surface area contributed by atoms with Gasteiger partial charge in [0, 0.05) is 35.2 Å². The fraction of sp³-hybridized carbons (Fsp3) is 0.500. The maximum atomic E-state index is 13.1. The molecular weight excluding hydrogens is 368 g/mol. The van der Waals surface area contributed by atoms with Crippen LogP contribution in [0.4, 0.5) is 4.79 Å². The van der Waals surface area contributed by atoms with Gasteiger partial charge >= 0.3 is 6.03 Å². The number of imide groups is 1. The maximum Gasteiger partial charge on any atom is 0.322 e. The predicted octanol–water partition coefficient (Wildman–Crippen LogP) is 2.50. The number of carbonyl (C=O) groups is 3. The van der Waals surface area contributed by atoms with Gasteiger partial charge in [-0.3, -0.25) is 14.9 Å². The first-order chi connectivity index (χ1) is 14.0. The van der Waals surface area contributed by atoms with E-state index in [-0.39, 0.29) is 17.7 Å². The van der Waals surface area contributed by atoms with Gasteiger partial charge in [-0.1, -0.05) is 0 Å². The molecular formula is C22H26N4O3. The molecule has 2 saturated heterocycles. The minimum absolute atomic E-state index is 0.0252. The van der Waals surface area contributed by atoms with E-state index in [1.807, 2.05) is 23.1 Å². The zero-order valence-electron chi connectivity index (χ0n) is 16.6. The van der Waals surface area contributed by atoms with Crippen molar-refractivity contribution in [1.29, 1.82) is 0 Å². The zero-order valence-corrected chi connectivity index (χ0v) is 16.6. The van der Waals surface area contributed by atoms with Crippen LogP contribution in [0.2, 0.25) is 0 Å². The van der Waals surface area contributed by atoms with Crippen molar-refractivity contribution in [2.24, 2.45) is 5.92 Å². The van der Waals surface area contributed by atoms with E-state index in [0.717, 1.165) is 23.9 Å². The molecule has 2 aromatic rings. The lowest BCUT2D eigenvalue weighted by Gasteiger charge is -2.38. The number of H-pyrrole nitrogens is 1. The number of aromatic amines is 1. The summed E-state index contributed by atoms with van der Waals surface area (Å²) in [6.07, 6.45) is 5.97.